The highest BCUT2D eigenvalue weighted by Crippen LogP contribution is 2.37. The molecule has 152 valence electrons. The third kappa shape index (κ3) is 3.36. The molecule has 5 rings (SSSR count). The second-order valence-corrected chi connectivity index (χ2v) is 8.13. The molecule has 1 aliphatic rings. The van der Waals surface area contributed by atoms with Crippen LogP contribution in [0.25, 0.3) is 22.6 Å². The Labute approximate surface area is 175 Å². The van der Waals surface area contributed by atoms with Crippen molar-refractivity contribution in [3.8, 4) is 28.4 Å². The molecule has 1 atom stereocenters. The number of hydrogen-bond acceptors (Lipinski definition) is 5. The van der Waals surface area contributed by atoms with Crippen molar-refractivity contribution >= 4 is 0 Å². The molecule has 0 spiro atoms. The van der Waals surface area contributed by atoms with Crippen molar-refractivity contribution in [1.29, 1.82) is 0 Å². The Kier molecular flexibility index (Phi) is 4.58. The van der Waals surface area contributed by atoms with E-state index >= 15 is 0 Å². The first-order chi connectivity index (χ1) is 14.6. The van der Waals surface area contributed by atoms with Crippen molar-refractivity contribution in [3.05, 3.63) is 65.9 Å². The monoisotopic (exact) mass is 400 g/mol. The fourth-order valence-electron chi connectivity index (χ4n) is 3.92. The molecule has 0 saturated carbocycles. The molecule has 1 aromatic carbocycles. The van der Waals surface area contributed by atoms with Crippen LogP contribution >= 0.6 is 0 Å². The molecule has 0 aliphatic carbocycles. The number of aromatic nitrogens is 6. The van der Waals surface area contributed by atoms with E-state index in [9.17, 15) is 0 Å². The maximum atomic E-state index is 5.97. The molecular formula is C23H24N6O. The van der Waals surface area contributed by atoms with Crippen molar-refractivity contribution < 1.29 is 4.74 Å². The smallest absolute Gasteiger partial charge is 0.123 e. The van der Waals surface area contributed by atoms with Gasteiger partial charge in [0.25, 0.3) is 0 Å². The van der Waals surface area contributed by atoms with E-state index in [1.807, 2.05) is 31.6 Å². The average Bonchev–Trinajstić information content (AvgIpc) is 3.48. The van der Waals surface area contributed by atoms with Gasteiger partial charge in [-0.05, 0) is 36.6 Å². The third-order valence-electron chi connectivity index (χ3n) is 5.67. The predicted molar refractivity (Wildman–Crippen MR) is 114 cm³/mol. The summed E-state index contributed by atoms with van der Waals surface area (Å²) in [5.41, 5.74) is 6.98. The number of aromatic amines is 1. The molecule has 4 aromatic rings. The molecule has 1 aliphatic heterocycles. The van der Waals surface area contributed by atoms with Gasteiger partial charge in [-0.1, -0.05) is 31.2 Å². The van der Waals surface area contributed by atoms with Crippen LogP contribution in [0.15, 0.2) is 49.1 Å². The molecule has 0 saturated heterocycles. The quantitative estimate of drug-likeness (QED) is 0.539. The van der Waals surface area contributed by atoms with Crippen LogP contribution in [0.3, 0.4) is 0 Å². The molecule has 0 amide bonds. The topological polar surface area (TPSA) is 81.5 Å². The molecule has 0 unspecified atom stereocenters. The first-order valence-corrected chi connectivity index (χ1v) is 10.2. The fourth-order valence-corrected chi connectivity index (χ4v) is 3.92. The van der Waals surface area contributed by atoms with Gasteiger partial charge in [-0.15, -0.1) is 5.10 Å². The van der Waals surface area contributed by atoms with Crippen LogP contribution in [0.2, 0.25) is 0 Å². The van der Waals surface area contributed by atoms with Crippen LogP contribution in [-0.2, 0) is 6.54 Å². The first kappa shape index (κ1) is 18.5. The lowest BCUT2D eigenvalue weighted by atomic mass is 9.96. The van der Waals surface area contributed by atoms with Gasteiger partial charge in [-0.2, -0.15) is 0 Å². The number of ether oxygens (including phenoxy) is 1. The van der Waals surface area contributed by atoms with E-state index in [2.05, 4.69) is 62.0 Å². The summed E-state index contributed by atoms with van der Waals surface area (Å²) in [6.45, 7) is 7.88. The number of rotatable bonds is 5. The van der Waals surface area contributed by atoms with E-state index in [0.29, 0.717) is 18.4 Å². The van der Waals surface area contributed by atoms with E-state index in [1.54, 1.807) is 6.20 Å². The summed E-state index contributed by atoms with van der Waals surface area (Å²) in [6.07, 6.45) is 5.69. The number of hydrogen-bond donors (Lipinski definition) is 1. The highest BCUT2D eigenvalue weighted by Gasteiger charge is 2.25. The van der Waals surface area contributed by atoms with E-state index < -0.39 is 0 Å². The van der Waals surface area contributed by atoms with Crippen LogP contribution in [0, 0.1) is 6.92 Å². The van der Waals surface area contributed by atoms with Gasteiger partial charge in [0, 0.05) is 36.0 Å². The van der Waals surface area contributed by atoms with Gasteiger partial charge in [0.15, 0.2) is 0 Å². The van der Waals surface area contributed by atoms with E-state index in [0.717, 1.165) is 40.6 Å². The summed E-state index contributed by atoms with van der Waals surface area (Å²) in [4.78, 5) is 9.08. The lowest BCUT2D eigenvalue weighted by Crippen LogP contribution is -2.09. The second kappa shape index (κ2) is 7.40. The van der Waals surface area contributed by atoms with Crippen molar-refractivity contribution in [3.63, 3.8) is 0 Å². The Morgan fingerprint density at radius 1 is 1.17 bits per heavy atom. The van der Waals surface area contributed by atoms with Crippen LogP contribution < -0.4 is 4.74 Å². The minimum atomic E-state index is 0.320. The zero-order valence-corrected chi connectivity index (χ0v) is 17.3. The minimum Gasteiger partial charge on any atom is -0.493 e. The molecule has 3 aromatic heterocycles. The predicted octanol–water partition coefficient (Wildman–Crippen LogP) is 4.34. The van der Waals surface area contributed by atoms with Crippen LogP contribution in [0.5, 0.6) is 5.75 Å². The molecule has 0 bridgehead atoms. The molecule has 7 heteroatoms. The van der Waals surface area contributed by atoms with Crippen molar-refractivity contribution in [2.45, 2.75) is 39.2 Å². The van der Waals surface area contributed by atoms with E-state index in [-0.39, 0.29) is 0 Å². The fraction of sp³-hybridized carbons (Fsp3) is 0.304. The SMILES string of the molecule is Cc1[nH]nnc1-c1ccnc(-c2cn(C[C@@H]3COc4cc(C(C)C)ccc43)cn2)c1. The maximum absolute atomic E-state index is 5.97. The summed E-state index contributed by atoms with van der Waals surface area (Å²) in [6, 6.07) is 10.5. The standard InChI is InChI=1S/C23H24N6O/c1-14(2)16-4-5-19-18(12-30-22(19)9-16)10-29-11-21(25-13-29)20-8-17(6-7-24-20)23-15(3)26-28-27-23/h4-9,11,13-14,18H,10,12H2,1-3H3,(H,26,27,28)/t18-/m1/s1. The number of aryl methyl sites for hydroxylation is 1. The van der Waals surface area contributed by atoms with Crippen molar-refractivity contribution in [2.75, 3.05) is 6.61 Å². The van der Waals surface area contributed by atoms with Gasteiger partial charge >= 0.3 is 0 Å². The molecule has 0 radical (unpaired) electrons. The Bertz CT molecular complexity index is 1190. The lowest BCUT2D eigenvalue weighted by molar-refractivity contribution is 0.318. The molecule has 7 nitrogen and oxygen atoms in total. The lowest BCUT2D eigenvalue weighted by Gasteiger charge is -2.11. The van der Waals surface area contributed by atoms with Crippen LogP contribution in [0.4, 0.5) is 0 Å². The third-order valence-corrected chi connectivity index (χ3v) is 5.67. The molecule has 30 heavy (non-hydrogen) atoms. The Morgan fingerprint density at radius 3 is 2.87 bits per heavy atom. The van der Waals surface area contributed by atoms with Gasteiger partial charge in [0.2, 0.25) is 0 Å². The number of imidazole rings is 1. The molecule has 0 fully saturated rings. The number of nitrogens with one attached hydrogen (secondary N) is 1. The minimum absolute atomic E-state index is 0.320. The van der Waals surface area contributed by atoms with Crippen molar-refractivity contribution in [2.24, 2.45) is 0 Å². The van der Waals surface area contributed by atoms with Gasteiger partial charge in [-0.25, -0.2) is 4.98 Å². The van der Waals surface area contributed by atoms with Gasteiger partial charge < -0.3 is 9.30 Å². The highest BCUT2D eigenvalue weighted by atomic mass is 16.5. The summed E-state index contributed by atoms with van der Waals surface area (Å²) in [7, 11) is 0. The number of H-pyrrole nitrogens is 1. The first-order valence-electron chi connectivity index (χ1n) is 10.2. The second-order valence-electron chi connectivity index (χ2n) is 8.13. The Hall–Kier alpha value is -3.48. The number of pyridine rings is 1. The molecular weight excluding hydrogens is 376 g/mol. The zero-order chi connectivity index (χ0) is 20.7. The Balaban J connectivity index is 1.36. The number of benzene rings is 1. The van der Waals surface area contributed by atoms with Crippen LogP contribution in [-0.4, -0.2) is 36.6 Å². The Morgan fingerprint density at radius 2 is 2.07 bits per heavy atom. The largest absolute Gasteiger partial charge is 0.493 e. The average molecular weight is 400 g/mol. The number of fused-ring (bicyclic) bond motifs is 1. The zero-order valence-electron chi connectivity index (χ0n) is 17.3. The molecule has 1 N–H and O–H groups in total. The molecule has 4 heterocycles. The summed E-state index contributed by atoms with van der Waals surface area (Å²) in [5, 5.41) is 10.9. The van der Waals surface area contributed by atoms with Gasteiger partial charge in [0.1, 0.15) is 17.1 Å². The van der Waals surface area contributed by atoms with Gasteiger partial charge in [0.05, 0.1) is 24.3 Å². The van der Waals surface area contributed by atoms with E-state index in [1.165, 1.54) is 11.1 Å². The van der Waals surface area contributed by atoms with Gasteiger partial charge in [-0.3, -0.25) is 10.1 Å². The van der Waals surface area contributed by atoms with Crippen molar-refractivity contribution in [1.82, 2.24) is 29.9 Å². The summed E-state index contributed by atoms with van der Waals surface area (Å²) >= 11 is 0. The normalized spacial score (nSPS) is 15.4. The summed E-state index contributed by atoms with van der Waals surface area (Å²) in [5.74, 6) is 1.84. The maximum Gasteiger partial charge on any atom is 0.123 e. The highest BCUT2D eigenvalue weighted by molar-refractivity contribution is 5.67. The number of nitrogens with zero attached hydrogens (tertiary/aromatic N) is 5. The summed E-state index contributed by atoms with van der Waals surface area (Å²) < 4.78 is 8.09. The van der Waals surface area contributed by atoms with E-state index in [4.69, 9.17) is 4.74 Å². The van der Waals surface area contributed by atoms with Crippen LogP contribution in [0.1, 0.15) is 42.5 Å².